The molecule has 3 heteroatoms. The highest BCUT2D eigenvalue weighted by Gasteiger charge is 2.55. The summed E-state index contributed by atoms with van der Waals surface area (Å²) < 4.78 is 0. The summed E-state index contributed by atoms with van der Waals surface area (Å²) in [5.41, 5.74) is 5.00. The SMILES string of the molecule is CCC1(C)c2n[nH]c(-c3ccccn3)c2C(C)C1(C)C. The van der Waals surface area contributed by atoms with Crippen molar-refractivity contribution in [2.45, 2.75) is 52.4 Å². The predicted octanol–water partition coefficient (Wildman–Crippen LogP) is 4.28. The fraction of sp³-hybridized carbons (Fsp3) is 0.529. The number of aromatic nitrogens is 3. The van der Waals surface area contributed by atoms with E-state index in [2.05, 4.69) is 55.9 Å². The minimum atomic E-state index is 0.116. The maximum Gasteiger partial charge on any atom is 0.0883 e. The molecule has 106 valence electrons. The zero-order valence-corrected chi connectivity index (χ0v) is 13.0. The summed E-state index contributed by atoms with van der Waals surface area (Å²) in [5.74, 6) is 0.471. The molecule has 0 spiro atoms. The van der Waals surface area contributed by atoms with Crippen LogP contribution in [0.25, 0.3) is 11.4 Å². The highest BCUT2D eigenvalue weighted by Crippen LogP contribution is 2.60. The van der Waals surface area contributed by atoms with Gasteiger partial charge in [0.15, 0.2) is 0 Å². The number of pyridine rings is 1. The van der Waals surface area contributed by atoms with Gasteiger partial charge in [-0.3, -0.25) is 10.1 Å². The third kappa shape index (κ3) is 1.46. The van der Waals surface area contributed by atoms with Gasteiger partial charge in [-0.2, -0.15) is 5.10 Å². The Hall–Kier alpha value is -1.64. The van der Waals surface area contributed by atoms with Gasteiger partial charge in [-0.05, 0) is 29.9 Å². The van der Waals surface area contributed by atoms with Crippen LogP contribution in [0.1, 0.15) is 58.2 Å². The number of rotatable bonds is 2. The van der Waals surface area contributed by atoms with Crippen LogP contribution < -0.4 is 0 Å². The van der Waals surface area contributed by atoms with Crippen LogP contribution in [0.15, 0.2) is 24.4 Å². The van der Waals surface area contributed by atoms with Gasteiger partial charge >= 0.3 is 0 Å². The molecule has 20 heavy (non-hydrogen) atoms. The smallest absolute Gasteiger partial charge is 0.0883 e. The molecule has 1 aliphatic carbocycles. The first-order valence-corrected chi connectivity index (χ1v) is 7.43. The average Bonchev–Trinajstić information content (AvgIpc) is 2.95. The van der Waals surface area contributed by atoms with Gasteiger partial charge in [0.25, 0.3) is 0 Å². The molecular weight excluding hydrogens is 246 g/mol. The van der Waals surface area contributed by atoms with E-state index in [0.29, 0.717) is 5.92 Å². The second-order valence-corrected chi connectivity index (χ2v) is 6.70. The van der Waals surface area contributed by atoms with Crippen molar-refractivity contribution in [2.75, 3.05) is 0 Å². The molecule has 2 unspecified atom stereocenters. The molecule has 0 bridgehead atoms. The topological polar surface area (TPSA) is 41.6 Å². The number of hydrogen-bond donors (Lipinski definition) is 1. The maximum atomic E-state index is 4.68. The first kappa shape index (κ1) is 13.3. The van der Waals surface area contributed by atoms with Gasteiger partial charge in [-0.15, -0.1) is 0 Å². The monoisotopic (exact) mass is 269 g/mol. The molecule has 0 radical (unpaired) electrons. The van der Waals surface area contributed by atoms with Gasteiger partial charge in [0.1, 0.15) is 0 Å². The molecular formula is C17H23N3. The van der Waals surface area contributed by atoms with Crippen LogP contribution in [0.5, 0.6) is 0 Å². The molecule has 1 N–H and O–H groups in total. The van der Waals surface area contributed by atoms with Gasteiger partial charge in [-0.1, -0.05) is 40.7 Å². The molecule has 0 saturated carbocycles. The van der Waals surface area contributed by atoms with Crippen molar-refractivity contribution >= 4 is 0 Å². The minimum Gasteiger partial charge on any atom is -0.276 e. The summed E-state index contributed by atoms with van der Waals surface area (Å²) >= 11 is 0. The number of H-pyrrole nitrogens is 1. The quantitative estimate of drug-likeness (QED) is 0.884. The van der Waals surface area contributed by atoms with E-state index >= 15 is 0 Å². The van der Waals surface area contributed by atoms with E-state index in [1.54, 1.807) is 0 Å². The fourth-order valence-corrected chi connectivity index (χ4v) is 3.67. The lowest BCUT2D eigenvalue weighted by molar-refractivity contribution is 0.162. The standard InChI is InChI=1S/C17H23N3/c1-6-17(5)15-13(11(2)16(17,3)4)14(19-20-15)12-9-7-8-10-18-12/h7-11H,6H2,1-5H3,(H,19,20). The Morgan fingerprint density at radius 2 is 2.00 bits per heavy atom. The largest absolute Gasteiger partial charge is 0.276 e. The molecule has 0 aliphatic heterocycles. The number of hydrogen-bond acceptors (Lipinski definition) is 2. The van der Waals surface area contributed by atoms with Gasteiger partial charge in [0.05, 0.1) is 17.1 Å². The van der Waals surface area contributed by atoms with Crippen LogP contribution in [0, 0.1) is 5.41 Å². The lowest BCUT2D eigenvalue weighted by Crippen LogP contribution is -2.37. The lowest BCUT2D eigenvalue weighted by Gasteiger charge is -2.40. The fourth-order valence-electron chi connectivity index (χ4n) is 3.67. The Balaban J connectivity index is 2.22. The normalized spacial score (nSPS) is 27.6. The van der Waals surface area contributed by atoms with Gasteiger partial charge in [0.2, 0.25) is 0 Å². The second kappa shape index (κ2) is 4.18. The van der Waals surface area contributed by atoms with Crippen LogP contribution in [0.3, 0.4) is 0 Å². The zero-order valence-electron chi connectivity index (χ0n) is 13.0. The molecule has 1 aliphatic rings. The Morgan fingerprint density at radius 3 is 2.60 bits per heavy atom. The Kier molecular flexibility index (Phi) is 2.79. The molecule has 3 rings (SSSR count). The van der Waals surface area contributed by atoms with Gasteiger partial charge < -0.3 is 0 Å². The highest BCUT2D eigenvalue weighted by atomic mass is 15.1. The summed E-state index contributed by atoms with van der Waals surface area (Å²) in [6, 6.07) is 6.03. The molecule has 2 atom stereocenters. The first-order valence-electron chi connectivity index (χ1n) is 7.43. The van der Waals surface area contributed by atoms with E-state index in [1.807, 2.05) is 18.3 Å². The summed E-state index contributed by atoms with van der Waals surface area (Å²) in [6.07, 6.45) is 2.94. The van der Waals surface area contributed by atoms with E-state index in [-0.39, 0.29) is 10.8 Å². The molecule has 0 fully saturated rings. The van der Waals surface area contributed by atoms with Crippen molar-refractivity contribution in [3.63, 3.8) is 0 Å². The second-order valence-electron chi connectivity index (χ2n) is 6.70. The third-order valence-electron chi connectivity index (χ3n) is 5.89. The summed E-state index contributed by atoms with van der Waals surface area (Å²) in [7, 11) is 0. The average molecular weight is 269 g/mol. The summed E-state index contributed by atoms with van der Waals surface area (Å²) in [4.78, 5) is 4.48. The van der Waals surface area contributed by atoms with Crippen molar-refractivity contribution in [2.24, 2.45) is 5.41 Å². The van der Waals surface area contributed by atoms with Crippen LogP contribution in [0.2, 0.25) is 0 Å². The Morgan fingerprint density at radius 1 is 1.25 bits per heavy atom. The number of aromatic amines is 1. The van der Waals surface area contributed by atoms with E-state index < -0.39 is 0 Å². The molecule has 0 saturated heterocycles. The molecule has 0 aromatic carbocycles. The van der Waals surface area contributed by atoms with Crippen LogP contribution in [-0.4, -0.2) is 15.2 Å². The van der Waals surface area contributed by atoms with E-state index in [1.165, 1.54) is 11.3 Å². The van der Waals surface area contributed by atoms with E-state index in [4.69, 9.17) is 0 Å². The number of nitrogens with one attached hydrogen (secondary N) is 1. The number of fused-ring (bicyclic) bond motifs is 1. The van der Waals surface area contributed by atoms with Gasteiger partial charge in [0, 0.05) is 17.2 Å². The summed E-state index contributed by atoms with van der Waals surface area (Å²) in [6.45, 7) is 11.7. The van der Waals surface area contributed by atoms with Crippen LogP contribution >= 0.6 is 0 Å². The molecule has 2 aromatic heterocycles. The predicted molar refractivity (Wildman–Crippen MR) is 81.7 cm³/mol. The van der Waals surface area contributed by atoms with Crippen molar-refractivity contribution in [1.82, 2.24) is 15.2 Å². The molecule has 2 heterocycles. The lowest BCUT2D eigenvalue weighted by atomic mass is 9.63. The molecule has 2 aromatic rings. The zero-order chi connectivity index (χ0) is 14.5. The number of nitrogens with zero attached hydrogens (tertiary/aromatic N) is 2. The Labute approximate surface area is 120 Å². The minimum absolute atomic E-state index is 0.116. The molecule has 0 amide bonds. The van der Waals surface area contributed by atoms with Crippen LogP contribution in [-0.2, 0) is 5.41 Å². The third-order valence-corrected chi connectivity index (χ3v) is 5.89. The van der Waals surface area contributed by atoms with Crippen molar-refractivity contribution in [1.29, 1.82) is 0 Å². The van der Waals surface area contributed by atoms with Crippen molar-refractivity contribution < 1.29 is 0 Å². The summed E-state index contributed by atoms with van der Waals surface area (Å²) in [5, 5.41) is 7.92. The van der Waals surface area contributed by atoms with Crippen molar-refractivity contribution in [3.05, 3.63) is 35.7 Å². The Bertz CT molecular complexity index is 627. The molecule has 3 nitrogen and oxygen atoms in total. The highest BCUT2D eigenvalue weighted by molar-refractivity contribution is 5.64. The van der Waals surface area contributed by atoms with Gasteiger partial charge in [-0.25, -0.2) is 0 Å². The van der Waals surface area contributed by atoms with Crippen molar-refractivity contribution in [3.8, 4) is 11.4 Å². The van der Waals surface area contributed by atoms with Crippen LogP contribution in [0.4, 0.5) is 0 Å². The maximum absolute atomic E-state index is 4.68. The van der Waals surface area contributed by atoms with E-state index in [0.717, 1.165) is 17.8 Å². The first-order chi connectivity index (χ1) is 9.43. The van der Waals surface area contributed by atoms with E-state index in [9.17, 15) is 0 Å².